The van der Waals surface area contributed by atoms with Crippen molar-refractivity contribution in [2.75, 3.05) is 43.0 Å². The van der Waals surface area contributed by atoms with Crippen LogP contribution in [0.25, 0.3) is 6.08 Å². The van der Waals surface area contributed by atoms with Crippen molar-refractivity contribution < 1.29 is 14.4 Å². The third-order valence-corrected chi connectivity index (χ3v) is 7.80. The van der Waals surface area contributed by atoms with Gasteiger partial charge in [-0.25, -0.2) is 4.98 Å². The molecule has 3 aromatic rings. The average Bonchev–Trinajstić information content (AvgIpc) is 3.19. The number of hydrogen-bond acceptors (Lipinski definition) is 8. The van der Waals surface area contributed by atoms with Crippen molar-refractivity contribution in [2.24, 2.45) is 5.41 Å². The average molecular weight is 527 g/mol. The van der Waals surface area contributed by atoms with E-state index in [9.17, 15) is 14.4 Å². The fourth-order valence-electron chi connectivity index (χ4n) is 5.12. The number of anilines is 2. The zero-order chi connectivity index (χ0) is 26.3. The number of aromatic nitrogens is 2. The molecule has 0 radical (unpaired) electrons. The van der Waals surface area contributed by atoms with E-state index >= 15 is 0 Å². The minimum atomic E-state index is -0.417. The van der Waals surface area contributed by atoms with E-state index in [2.05, 4.69) is 22.3 Å². The zero-order valence-corrected chi connectivity index (χ0v) is 21.6. The Labute approximate surface area is 224 Å². The lowest BCUT2D eigenvalue weighted by molar-refractivity contribution is -0.115. The fourth-order valence-corrected chi connectivity index (χ4v) is 5.79. The molecule has 0 saturated carbocycles. The number of thioether (sulfide) groups is 1. The summed E-state index contributed by atoms with van der Waals surface area (Å²) in [4.78, 5) is 52.5. The first-order valence-corrected chi connectivity index (χ1v) is 13.2. The minimum absolute atomic E-state index is 0.0476. The van der Waals surface area contributed by atoms with Gasteiger partial charge in [0.15, 0.2) is 0 Å². The number of carbonyl (C=O) groups excluding carboxylic acids is 3. The maximum absolute atomic E-state index is 12.8. The summed E-state index contributed by atoms with van der Waals surface area (Å²) in [6, 6.07) is 21.3. The van der Waals surface area contributed by atoms with Crippen molar-refractivity contribution >= 4 is 46.7 Å². The van der Waals surface area contributed by atoms with Crippen molar-refractivity contribution in [2.45, 2.75) is 6.54 Å². The Bertz CT molecular complexity index is 1430. The molecule has 10 heteroatoms. The third-order valence-electron chi connectivity index (χ3n) is 6.99. The quantitative estimate of drug-likeness (QED) is 0.488. The van der Waals surface area contributed by atoms with Crippen LogP contribution < -0.4 is 15.1 Å². The summed E-state index contributed by atoms with van der Waals surface area (Å²) in [5, 5.41) is 1.90. The summed E-state index contributed by atoms with van der Waals surface area (Å²) in [6.07, 6.45) is 1.63. The first-order chi connectivity index (χ1) is 18.4. The molecule has 192 valence electrons. The Balaban J connectivity index is 1.20. The Morgan fingerprint density at radius 1 is 1.03 bits per heavy atom. The molecular weight excluding hydrogens is 500 g/mol. The van der Waals surface area contributed by atoms with Crippen molar-refractivity contribution in [3.8, 4) is 0 Å². The van der Waals surface area contributed by atoms with Crippen LogP contribution in [-0.2, 0) is 11.3 Å². The molecule has 3 saturated heterocycles. The van der Waals surface area contributed by atoms with Crippen LogP contribution in [0, 0.1) is 5.41 Å². The molecule has 0 unspecified atom stereocenters. The van der Waals surface area contributed by atoms with E-state index in [1.165, 1.54) is 0 Å². The van der Waals surface area contributed by atoms with Crippen LogP contribution in [0.1, 0.15) is 21.6 Å². The normalized spacial score (nSPS) is 18.8. The van der Waals surface area contributed by atoms with Gasteiger partial charge in [0.1, 0.15) is 5.82 Å². The molecule has 1 aromatic heterocycles. The summed E-state index contributed by atoms with van der Waals surface area (Å²) in [6.45, 7) is 3.57. The zero-order valence-electron chi connectivity index (χ0n) is 20.8. The Hall–Kier alpha value is -4.18. The van der Waals surface area contributed by atoms with Crippen molar-refractivity contribution in [3.05, 3.63) is 88.5 Å². The second kappa shape index (κ2) is 9.60. The number of benzene rings is 2. The molecule has 4 heterocycles. The van der Waals surface area contributed by atoms with Gasteiger partial charge in [0.05, 0.1) is 10.6 Å². The van der Waals surface area contributed by atoms with Gasteiger partial charge in [-0.05, 0) is 35.5 Å². The number of carbonyl (C=O) groups is 3. The molecule has 3 fully saturated rings. The molecule has 1 N–H and O–H groups in total. The van der Waals surface area contributed by atoms with Crippen LogP contribution >= 0.6 is 11.8 Å². The number of imide groups is 1. The van der Waals surface area contributed by atoms with Crippen LogP contribution in [0.3, 0.4) is 0 Å². The summed E-state index contributed by atoms with van der Waals surface area (Å²) < 4.78 is 0. The molecule has 3 aliphatic rings. The predicted octanol–water partition coefficient (Wildman–Crippen LogP) is 3.40. The van der Waals surface area contributed by atoms with Gasteiger partial charge in [0.25, 0.3) is 17.1 Å². The second-order valence-corrected chi connectivity index (χ2v) is 11.0. The maximum Gasteiger partial charge on any atom is 0.290 e. The summed E-state index contributed by atoms with van der Waals surface area (Å²) in [7, 11) is 1.97. The van der Waals surface area contributed by atoms with Crippen LogP contribution in [-0.4, -0.2) is 65.1 Å². The van der Waals surface area contributed by atoms with Gasteiger partial charge in [0.2, 0.25) is 5.95 Å². The van der Waals surface area contributed by atoms with Crippen molar-refractivity contribution in [1.82, 2.24) is 20.2 Å². The highest BCUT2D eigenvalue weighted by molar-refractivity contribution is 8.18. The number of likely N-dealkylation sites (tertiary alicyclic amines) is 1. The number of rotatable bonds is 6. The number of nitrogens with zero attached hydrogens (tertiary/aromatic N) is 5. The van der Waals surface area contributed by atoms with Gasteiger partial charge < -0.3 is 14.7 Å². The molecule has 9 nitrogen and oxygen atoms in total. The SMILES string of the molecule is CN(Cc1ccccc1)c1cc(/C=C2\SC(=O)NC2=O)nc(N2CC3(CN(C(=O)c4ccccc4)C3)C2)n1. The lowest BCUT2D eigenvalue weighted by Gasteiger charge is -2.60. The third kappa shape index (κ3) is 4.74. The standard InChI is InChI=1S/C28H26N6O3S/c1-32(14-19-8-4-2-5-9-19)23-13-21(12-22-24(35)31-27(37)38-22)29-26(30-23)34-17-28(18-34)15-33(16-28)25(36)20-10-6-3-7-11-20/h2-13H,14-18H2,1H3,(H,31,35,37)/b22-12-. The van der Waals surface area contributed by atoms with E-state index in [1.807, 2.05) is 71.4 Å². The Morgan fingerprint density at radius 2 is 1.71 bits per heavy atom. The smallest absolute Gasteiger partial charge is 0.290 e. The van der Waals surface area contributed by atoms with Crippen molar-refractivity contribution in [3.63, 3.8) is 0 Å². The van der Waals surface area contributed by atoms with Crippen molar-refractivity contribution in [1.29, 1.82) is 0 Å². The van der Waals surface area contributed by atoms with E-state index in [1.54, 1.807) is 6.08 Å². The largest absolute Gasteiger partial charge is 0.355 e. The monoisotopic (exact) mass is 526 g/mol. The van der Waals surface area contributed by atoms with Crippen LogP contribution in [0.15, 0.2) is 71.6 Å². The number of hydrogen-bond donors (Lipinski definition) is 1. The summed E-state index contributed by atoms with van der Waals surface area (Å²) >= 11 is 0.869. The number of nitrogens with one attached hydrogen (secondary N) is 1. The molecular formula is C28H26N6O3S. The van der Waals surface area contributed by atoms with E-state index in [4.69, 9.17) is 9.97 Å². The Morgan fingerprint density at radius 3 is 2.37 bits per heavy atom. The lowest BCUT2D eigenvalue weighted by atomic mass is 9.72. The van der Waals surface area contributed by atoms with E-state index in [0.29, 0.717) is 41.7 Å². The molecule has 0 aliphatic carbocycles. The second-order valence-electron chi connectivity index (χ2n) is 10.0. The molecule has 0 atom stereocenters. The minimum Gasteiger partial charge on any atom is -0.355 e. The van der Waals surface area contributed by atoms with Crippen LogP contribution in [0.2, 0.25) is 0 Å². The summed E-state index contributed by atoms with van der Waals surface area (Å²) in [5.41, 5.74) is 2.46. The van der Waals surface area contributed by atoms with Crippen LogP contribution in [0.5, 0.6) is 0 Å². The first-order valence-electron chi connectivity index (χ1n) is 12.4. The highest BCUT2D eigenvalue weighted by atomic mass is 32.2. The molecule has 6 rings (SSSR count). The first kappa shape index (κ1) is 24.2. The molecule has 38 heavy (non-hydrogen) atoms. The molecule has 3 amide bonds. The highest BCUT2D eigenvalue weighted by Crippen LogP contribution is 2.42. The highest BCUT2D eigenvalue weighted by Gasteiger charge is 2.54. The number of amides is 3. The predicted molar refractivity (Wildman–Crippen MR) is 147 cm³/mol. The Kier molecular flexibility index (Phi) is 6.11. The lowest BCUT2D eigenvalue weighted by Crippen LogP contribution is -2.73. The summed E-state index contributed by atoms with van der Waals surface area (Å²) in [5.74, 6) is 0.935. The van der Waals surface area contributed by atoms with Gasteiger partial charge in [-0.2, -0.15) is 4.98 Å². The fraction of sp³-hybridized carbons (Fsp3) is 0.250. The van der Waals surface area contributed by atoms with Gasteiger partial charge in [-0.3, -0.25) is 19.7 Å². The molecule has 1 spiro atoms. The van der Waals surface area contributed by atoms with Gasteiger partial charge in [-0.1, -0.05) is 48.5 Å². The molecule has 2 aromatic carbocycles. The topological polar surface area (TPSA) is 98.7 Å². The van der Waals surface area contributed by atoms with Crippen LogP contribution in [0.4, 0.5) is 16.6 Å². The van der Waals surface area contributed by atoms with Gasteiger partial charge in [-0.15, -0.1) is 0 Å². The maximum atomic E-state index is 12.8. The van der Waals surface area contributed by atoms with E-state index < -0.39 is 5.91 Å². The molecule has 0 bridgehead atoms. The molecule has 3 aliphatic heterocycles. The van der Waals surface area contributed by atoms with Gasteiger partial charge >= 0.3 is 0 Å². The van der Waals surface area contributed by atoms with Gasteiger partial charge in [0, 0.05) is 56.8 Å². The van der Waals surface area contributed by atoms with E-state index in [-0.39, 0.29) is 16.6 Å². The van der Waals surface area contributed by atoms with E-state index in [0.717, 1.165) is 36.2 Å².